The average Bonchev–Trinajstić information content (AvgIpc) is 1.57. The monoisotopic (exact) mass is 1330 g/mol. The molecule has 0 heterocycles. The van der Waals surface area contributed by atoms with Gasteiger partial charge in [-0.25, -0.2) is 0 Å². The third-order valence-electron chi connectivity index (χ3n) is 23.9. The van der Waals surface area contributed by atoms with Crippen LogP contribution in [0.3, 0.4) is 0 Å². The van der Waals surface area contributed by atoms with Crippen LogP contribution in [-0.4, -0.2) is 0 Å². The summed E-state index contributed by atoms with van der Waals surface area (Å²) >= 11 is 0. The molecule has 0 fully saturated rings. The van der Waals surface area contributed by atoms with Crippen LogP contribution in [0.5, 0.6) is 0 Å². The molecule has 0 spiro atoms. The SMILES string of the molecule is CC1(C)c2ccccc2-c2ccc(-c3ccc(N(c4ccc5c(c4)C(C)(C)c4cc(/C=C/c6ccc(/C=C/c7ccc8c(c7)C(C)(C)c7cc(N(c9ccc(-c%10ccc%11c(c%10)C(C)(C)c%10ccccc%10-%11)cc9)c9cccc%10ccccc9%10)ccc7-8)cc6)ccc4-5)c4cccc5ccccc45)cc3)cc21. The lowest BCUT2D eigenvalue weighted by molar-refractivity contribution is 0.660. The van der Waals surface area contributed by atoms with Gasteiger partial charge in [0.2, 0.25) is 0 Å². The van der Waals surface area contributed by atoms with E-state index >= 15 is 0 Å². The third kappa shape index (κ3) is 10.0. The Hall–Kier alpha value is -12.1. The highest BCUT2D eigenvalue weighted by Gasteiger charge is 2.40. The molecule has 104 heavy (non-hydrogen) atoms. The van der Waals surface area contributed by atoms with Crippen molar-refractivity contribution in [3.63, 3.8) is 0 Å². The van der Waals surface area contributed by atoms with Crippen LogP contribution in [0, 0.1) is 0 Å². The van der Waals surface area contributed by atoms with Crippen LogP contribution >= 0.6 is 0 Å². The lowest BCUT2D eigenvalue weighted by Crippen LogP contribution is -2.17. The van der Waals surface area contributed by atoms with Crippen molar-refractivity contribution in [1.29, 1.82) is 0 Å². The molecule has 0 N–H and O–H groups in total. The van der Waals surface area contributed by atoms with Gasteiger partial charge in [0, 0.05) is 55.2 Å². The van der Waals surface area contributed by atoms with Crippen molar-refractivity contribution in [3.05, 3.63) is 382 Å². The Bertz CT molecular complexity index is 5700. The highest BCUT2D eigenvalue weighted by atomic mass is 15.1. The van der Waals surface area contributed by atoms with Gasteiger partial charge in [0.15, 0.2) is 0 Å². The Morgan fingerprint density at radius 3 is 0.894 bits per heavy atom. The summed E-state index contributed by atoms with van der Waals surface area (Å²) in [6.45, 7) is 19.0. The minimum Gasteiger partial charge on any atom is -0.310 e. The molecule has 0 saturated carbocycles. The molecule has 0 radical (unpaired) electrons. The van der Waals surface area contributed by atoms with Crippen LogP contribution in [0.15, 0.2) is 315 Å². The standard InChI is InChI=1S/C102H80N2/c1-99(2)89-27-15-13-25-81(89)85-55-45-73(61-93(85)99)69-41-47-75(48-42-69)103(97-29-17-21-71-19-9-11-23-79(71)97)77-51-57-87-83-53-39-67(59-91(83)101(5,6)95(87)63-77)37-35-65-31-33-66(34-32-65)36-38-68-40-54-84-88-58-52-78(64-96(88)102(7,8)92(84)60-68)104(98-30-18-22-72-20-10-12-24-80(72)98)76-49-43-70(44-50-76)74-46-56-86-82-26-14-16-28-90(82)100(3,4)94(86)62-74/h9-64H,1-8H3/b37-35+,38-36+. The molecule has 2 heteroatoms. The molecule has 0 aliphatic heterocycles. The Labute approximate surface area is 611 Å². The fraction of sp³-hybridized carbons (Fsp3) is 0.118. The largest absolute Gasteiger partial charge is 0.310 e. The second-order valence-corrected chi connectivity index (χ2v) is 31.3. The van der Waals surface area contributed by atoms with Gasteiger partial charge >= 0.3 is 0 Å². The second kappa shape index (κ2) is 23.7. The highest BCUT2D eigenvalue weighted by Crippen LogP contribution is 2.56. The van der Waals surface area contributed by atoms with E-state index in [0.29, 0.717) is 0 Å². The van der Waals surface area contributed by atoms with Gasteiger partial charge in [-0.2, -0.15) is 0 Å². The van der Waals surface area contributed by atoms with Gasteiger partial charge in [0.1, 0.15) is 0 Å². The molecule has 15 aromatic carbocycles. The quantitative estimate of drug-likeness (QED) is 0.113. The fourth-order valence-corrected chi connectivity index (χ4v) is 18.1. The summed E-state index contributed by atoms with van der Waals surface area (Å²) in [4.78, 5) is 4.92. The van der Waals surface area contributed by atoms with E-state index in [2.05, 4.69) is 405 Å². The summed E-state index contributed by atoms with van der Waals surface area (Å²) in [5.41, 5.74) is 37.4. The van der Waals surface area contributed by atoms with Gasteiger partial charge in [0.05, 0.1) is 11.4 Å². The first-order valence-corrected chi connectivity index (χ1v) is 36.9. The van der Waals surface area contributed by atoms with Crippen LogP contribution in [0.1, 0.15) is 122 Å². The summed E-state index contributed by atoms with van der Waals surface area (Å²) in [6.07, 6.45) is 9.04. The molecule has 0 amide bonds. The first-order chi connectivity index (χ1) is 50.5. The number of hydrogen-bond donors (Lipinski definition) is 0. The maximum atomic E-state index is 2.46. The summed E-state index contributed by atoms with van der Waals surface area (Å²) in [5, 5.41) is 4.87. The van der Waals surface area contributed by atoms with E-state index in [-0.39, 0.29) is 21.7 Å². The number of fused-ring (bicyclic) bond motifs is 14. The summed E-state index contributed by atoms with van der Waals surface area (Å²) < 4.78 is 0. The first-order valence-electron chi connectivity index (χ1n) is 36.9. The fourth-order valence-electron chi connectivity index (χ4n) is 18.1. The first kappa shape index (κ1) is 62.9. The van der Waals surface area contributed by atoms with Crippen molar-refractivity contribution in [1.82, 2.24) is 0 Å². The van der Waals surface area contributed by atoms with Crippen molar-refractivity contribution >= 4 is 80.0 Å². The van der Waals surface area contributed by atoms with Crippen molar-refractivity contribution in [2.45, 2.75) is 77.0 Å². The van der Waals surface area contributed by atoms with Crippen LogP contribution in [0.25, 0.3) is 113 Å². The van der Waals surface area contributed by atoms with Crippen LogP contribution in [-0.2, 0) is 21.7 Å². The van der Waals surface area contributed by atoms with E-state index in [9.17, 15) is 0 Å². The maximum Gasteiger partial charge on any atom is 0.0540 e. The number of rotatable bonds is 12. The zero-order valence-electron chi connectivity index (χ0n) is 60.2. The van der Waals surface area contributed by atoms with Crippen LogP contribution in [0.4, 0.5) is 34.1 Å². The van der Waals surface area contributed by atoms with E-state index in [1.54, 1.807) is 0 Å². The highest BCUT2D eigenvalue weighted by molar-refractivity contribution is 6.02. The Morgan fingerprint density at radius 2 is 0.481 bits per heavy atom. The second-order valence-electron chi connectivity index (χ2n) is 31.3. The smallest absolute Gasteiger partial charge is 0.0540 e. The molecule has 0 saturated heterocycles. The van der Waals surface area contributed by atoms with Gasteiger partial charge < -0.3 is 9.80 Å². The third-order valence-corrected chi connectivity index (χ3v) is 23.9. The molecular formula is C102H80N2. The molecule has 0 aromatic heterocycles. The molecule has 0 atom stereocenters. The molecule has 4 aliphatic carbocycles. The summed E-state index contributed by atoms with van der Waals surface area (Å²) in [7, 11) is 0. The van der Waals surface area contributed by atoms with Crippen LogP contribution in [0.2, 0.25) is 0 Å². The van der Waals surface area contributed by atoms with E-state index in [4.69, 9.17) is 0 Å². The Morgan fingerprint density at radius 1 is 0.202 bits per heavy atom. The topological polar surface area (TPSA) is 6.48 Å². The Kier molecular flexibility index (Phi) is 14.4. The normalized spacial score (nSPS) is 14.8. The number of nitrogens with zero attached hydrogens (tertiary/aromatic N) is 2. The van der Waals surface area contributed by atoms with Crippen molar-refractivity contribution < 1.29 is 0 Å². The molecule has 15 aromatic rings. The minimum atomic E-state index is -0.234. The number of anilines is 6. The lowest BCUT2D eigenvalue weighted by atomic mass is 9.81. The predicted molar refractivity (Wildman–Crippen MR) is 443 cm³/mol. The molecular weight excluding hydrogens is 1250 g/mol. The van der Waals surface area contributed by atoms with E-state index in [0.717, 1.165) is 45.3 Å². The average molecular weight is 1330 g/mol. The van der Waals surface area contributed by atoms with Crippen molar-refractivity contribution in [2.24, 2.45) is 0 Å². The van der Waals surface area contributed by atoms with Gasteiger partial charge in [-0.15, -0.1) is 0 Å². The van der Waals surface area contributed by atoms with Gasteiger partial charge in [0.25, 0.3) is 0 Å². The van der Waals surface area contributed by atoms with E-state index in [1.165, 1.54) is 144 Å². The lowest BCUT2D eigenvalue weighted by Gasteiger charge is -2.29. The Balaban J connectivity index is 0.560. The number of benzene rings is 15. The minimum absolute atomic E-state index is 0.0606. The van der Waals surface area contributed by atoms with E-state index < -0.39 is 0 Å². The van der Waals surface area contributed by atoms with Gasteiger partial charge in [-0.1, -0.05) is 322 Å². The summed E-state index contributed by atoms with van der Waals surface area (Å²) in [5.74, 6) is 0. The van der Waals surface area contributed by atoms with Crippen LogP contribution < -0.4 is 9.80 Å². The van der Waals surface area contributed by atoms with Gasteiger partial charge in [-0.3, -0.25) is 0 Å². The predicted octanol–water partition coefficient (Wildman–Crippen LogP) is 27.8. The zero-order valence-corrected chi connectivity index (χ0v) is 60.2. The molecule has 4 aliphatic rings. The maximum absolute atomic E-state index is 2.46. The van der Waals surface area contributed by atoms with E-state index in [1.807, 2.05) is 0 Å². The summed E-state index contributed by atoms with van der Waals surface area (Å²) in [6, 6.07) is 118. The van der Waals surface area contributed by atoms with Crippen molar-refractivity contribution in [2.75, 3.05) is 9.80 Å². The number of hydrogen-bond acceptors (Lipinski definition) is 2. The van der Waals surface area contributed by atoms with Crippen molar-refractivity contribution in [3.8, 4) is 66.8 Å². The molecule has 0 unspecified atom stereocenters. The molecule has 19 rings (SSSR count). The molecule has 498 valence electrons. The van der Waals surface area contributed by atoms with Gasteiger partial charge in [-0.05, 0) is 217 Å². The zero-order chi connectivity index (χ0) is 70.4. The molecule has 2 nitrogen and oxygen atoms in total. The molecule has 0 bridgehead atoms.